The molecule has 1 saturated carbocycles. The highest BCUT2D eigenvalue weighted by molar-refractivity contribution is 5.39. The molecule has 0 aromatic heterocycles. The lowest BCUT2D eigenvalue weighted by atomic mass is 9.89. The van der Waals surface area contributed by atoms with E-state index >= 15 is 0 Å². The monoisotopic (exact) mass is 258 g/mol. The van der Waals surface area contributed by atoms with Crippen LogP contribution in [0.15, 0.2) is 24.3 Å². The number of ether oxygens (including phenoxy) is 1. The van der Waals surface area contributed by atoms with E-state index < -0.39 is 0 Å². The van der Waals surface area contributed by atoms with Crippen LogP contribution in [-0.2, 0) is 11.2 Å². The molecule has 4 atom stereocenters. The Balaban J connectivity index is 1.53. The van der Waals surface area contributed by atoms with Crippen LogP contribution in [0.2, 0.25) is 0 Å². The fraction of sp³-hybridized carbons (Fsp3) is 0.647. The van der Waals surface area contributed by atoms with Gasteiger partial charge >= 0.3 is 0 Å². The predicted molar refractivity (Wildman–Crippen MR) is 74.0 cm³/mol. The Kier molecular flexibility index (Phi) is 2.89. The second-order valence-electron chi connectivity index (χ2n) is 6.44. The van der Waals surface area contributed by atoms with Crippen LogP contribution in [0.3, 0.4) is 0 Å². The quantitative estimate of drug-likeness (QED) is 0.884. The SMILES string of the molecule is OC(C1CCOCC1)C1C2CCc3ccccc3C21. The first-order chi connectivity index (χ1) is 9.36. The maximum atomic E-state index is 10.7. The standard InChI is InChI=1S/C17H22O2/c18-17(12-7-9-19-10-8-12)16-14-6-5-11-3-1-2-4-13(11)15(14)16/h1-4,12,14-18H,5-10H2. The highest BCUT2D eigenvalue weighted by Crippen LogP contribution is 2.62. The molecule has 1 saturated heterocycles. The van der Waals surface area contributed by atoms with E-state index in [-0.39, 0.29) is 6.10 Å². The van der Waals surface area contributed by atoms with Gasteiger partial charge in [0.25, 0.3) is 0 Å². The zero-order chi connectivity index (χ0) is 12.8. The number of fused-ring (bicyclic) bond motifs is 3. The minimum absolute atomic E-state index is 0.106. The van der Waals surface area contributed by atoms with Gasteiger partial charge in [0.1, 0.15) is 0 Å². The van der Waals surface area contributed by atoms with Gasteiger partial charge in [0.2, 0.25) is 0 Å². The maximum absolute atomic E-state index is 10.7. The summed E-state index contributed by atoms with van der Waals surface area (Å²) in [5, 5.41) is 10.7. The zero-order valence-corrected chi connectivity index (χ0v) is 11.3. The summed E-state index contributed by atoms with van der Waals surface area (Å²) in [7, 11) is 0. The minimum atomic E-state index is -0.106. The van der Waals surface area contributed by atoms with Gasteiger partial charge < -0.3 is 9.84 Å². The molecule has 2 heteroatoms. The van der Waals surface area contributed by atoms with Crippen LogP contribution in [0, 0.1) is 17.8 Å². The largest absolute Gasteiger partial charge is 0.393 e. The Labute approximate surface area is 114 Å². The third-order valence-corrected chi connectivity index (χ3v) is 5.53. The van der Waals surface area contributed by atoms with E-state index in [1.807, 2.05) is 0 Å². The summed E-state index contributed by atoms with van der Waals surface area (Å²) < 4.78 is 5.41. The van der Waals surface area contributed by atoms with Crippen molar-refractivity contribution in [3.8, 4) is 0 Å². The van der Waals surface area contributed by atoms with Crippen molar-refractivity contribution in [2.24, 2.45) is 17.8 Å². The molecule has 2 aliphatic carbocycles. The molecule has 0 amide bonds. The van der Waals surface area contributed by atoms with Crippen molar-refractivity contribution in [1.29, 1.82) is 0 Å². The Morgan fingerprint density at radius 2 is 1.89 bits per heavy atom. The number of rotatable bonds is 2. The molecule has 0 bridgehead atoms. The first-order valence-electron chi connectivity index (χ1n) is 7.70. The summed E-state index contributed by atoms with van der Waals surface area (Å²) in [6.07, 6.45) is 4.45. The average Bonchev–Trinajstić information content (AvgIpc) is 3.22. The molecule has 0 radical (unpaired) electrons. The smallest absolute Gasteiger partial charge is 0.0607 e. The van der Waals surface area contributed by atoms with Gasteiger partial charge in [-0.1, -0.05) is 24.3 Å². The van der Waals surface area contributed by atoms with Crippen LogP contribution in [0.5, 0.6) is 0 Å². The van der Waals surface area contributed by atoms with E-state index in [9.17, 15) is 5.11 Å². The summed E-state index contributed by atoms with van der Waals surface area (Å²) in [4.78, 5) is 0. The fourth-order valence-electron chi connectivity index (χ4n) is 4.46. The van der Waals surface area contributed by atoms with E-state index in [1.54, 1.807) is 0 Å². The molecule has 4 unspecified atom stereocenters. The van der Waals surface area contributed by atoms with Gasteiger partial charge in [-0.05, 0) is 60.5 Å². The first kappa shape index (κ1) is 11.9. The van der Waals surface area contributed by atoms with Crippen LogP contribution in [0.4, 0.5) is 0 Å². The zero-order valence-electron chi connectivity index (χ0n) is 11.3. The summed E-state index contributed by atoms with van der Waals surface area (Å²) in [6, 6.07) is 8.84. The number of aliphatic hydroxyl groups excluding tert-OH is 1. The van der Waals surface area contributed by atoms with Gasteiger partial charge in [-0.25, -0.2) is 0 Å². The lowest BCUT2D eigenvalue weighted by molar-refractivity contribution is -0.00346. The summed E-state index contributed by atoms with van der Waals surface area (Å²) in [5.41, 5.74) is 3.04. The molecule has 1 aromatic carbocycles. The van der Waals surface area contributed by atoms with E-state index in [0.717, 1.165) is 32.0 Å². The molecule has 1 aromatic rings. The van der Waals surface area contributed by atoms with Crippen LogP contribution < -0.4 is 0 Å². The fourth-order valence-corrected chi connectivity index (χ4v) is 4.46. The summed E-state index contributed by atoms with van der Waals surface area (Å²) in [6.45, 7) is 1.67. The van der Waals surface area contributed by atoms with Gasteiger partial charge in [-0.15, -0.1) is 0 Å². The Hall–Kier alpha value is -0.860. The minimum Gasteiger partial charge on any atom is -0.393 e. The first-order valence-corrected chi connectivity index (χ1v) is 7.70. The van der Waals surface area contributed by atoms with Gasteiger partial charge in [0.15, 0.2) is 0 Å². The molecule has 0 spiro atoms. The molecule has 2 fully saturated rings. The highest BCUT2D eigenvalue weighted by Gasteiger charge is 2.57. The number of benzene rings is 1. The van der Waals surface area contributed by atoms with Crippen molar-refractivity contribution in [1.82, 2.24) is 0 Å². The molecular weight excluding hydrogens is 236 g/mol. The molecule has 2 nitrogen and oxygen atoms in total. The number of hydrogen-bond acceptors (Lipinski definition) is 2. The van der Waals surface area contributed by atoms with Gasteiger partial charge in [0.05, 0.1) is 6.10 Å². The highest BCUT2D eigenvalue weighted by atomic mass is 16.5. The normalized spacial score (nSPS) is 35.3. The second kappa shape index (κ2) is 4.60. The average molecular weight is 258 g/mol. The van der Waals surface area contributed by atoms with Gasteiger partial charge in [-0.3, -0.25) is 0 Å². The van der Waals surface area contributed by atoms with Crippen molar-refractivity contribution >= 4 is 0 Å². The van der Waals surface area contributed by atoms with Crippen LogP contribution >= 0.6 is 0 Å². The third kappa shape index (κ3) is 1.93. The van der Waals surface area contributed by atoms with E-state index in [4.69, 9.17) is 4.74 Å². The molecule has 1 N–H and O–H groups in total. The molecule has 1 aliphatic heterocycles. The molecular formula is C17H22O2. The van der Waals surface area contributed by atoms with Crippen molar-refractivity contribution in [2.45, 2.75) is 37.7 Å². The second-order valence-corrected chi connectivity index (χ2v) is 6.44. The molecule has 4 rings (SSSR count). The van der Waals surface area contributed by atoms with Crippen molar-refractivity contribution in [3.63, 3.8) is 0 Å². The van der Waals surface area contributed by atoms with Crippen molar-refractivity contribution in [3.05, 3.63) is 35.4 Å². The molecule has 19 heavy (non-hydrogen) atoms. The van der Waals surface area contributed by atoms with Crippen molar-refractivity contribution in [2.75, 3.05) is 13.2 Å². The van der Waals surface area contributed by atoms with Crippen LogP contribution in [0.1, 0.15) is 36.3 Å². The van der Waals surface area contributed by atoms with Crippen LogP contribution in [-0.4, -0.2) is 24.4 Å². The molecule has 102 valence electrons. The van der Waals surface area contributed by atoms with Gasteiger partial charge in [-0.2, -0.15) is 0 Å². The summed E-state index contributed by atoms with van der Waals surface area (Å²) in [5.74, 6) is 2.37. The maximum Gasteiger partial charge on any atom is 0.0607 e. The lowest BCUT2D eigenvalue weighted by Crippen LogP contribution is -2.29. The van der Waals surface area contributed by atoms with E-state index in [2.05, 4.69) is 24.3 Å². The Morgan fingerprint density at radius 3 is 2.74 bits per heavy atom. The predicted octanol–water partition coefficient (Wildman–Crippen LogP) is 2.75. The Morgan fingerprint density at radius 1 is 1.11 bits per heavy atom. The van der Waals surface area contributed by atoms with E-state index in [1.165, 1.54) is 24.0 Å². The third-order valence-electron chi connectivity index (χ3n) is 5.53. The molecule has 3 aliphatic rings. The van der Waals surface area contributed by atoms with E-state index in [0.29, 0.717) is 17.8 Å². The van der Waals surface area contributed by atoms with Gasteiger partial charge in [0, 0.05) is 13.2 Å². The number of hydrogen-bond donors (Lipinski definition) is 1. The number of aliphatic hydroxyl groups is 1. The summed E-state index contributed by atoms with van der Waals surface area (Å²) >= 11 is 0. The lowest BCUT2D eigenvalue weighted by Gasteiger charge is -2.27. The van der Waals surface area contributed by atoms with Crippen molar-refractivity contribution < 1.29 is 9.84 Å². The Bertz CT molecular complexity index is 464. The number of aryl methyl sites for hydroxylation is 1. The topological polar surface area (TPSA) is 29.5 Å². The van der Waals surface area contributed by atoms with Crippen LogP contribution in [0.25, 0.3) is 0 Å². The molecule has 1 heterocycles.